The van der Waals surface area contributed by atoms with Crippen LogP contribution in [0.4, 0.5) is 4.79 Å². The Labute approximate surface area is 119 Å². The van der Waals surface area contributed by atoms with Gasteiger partial charge in [-0.25, -0.2) is 4.79 Å². The Bertz CT molecular complexity index is 410. The van der Waals surface area contributed by atoms with Gasteiger partial charge in [0.15, 0.2) is 6.07 Å². The molecule has 1 heterocycles. The fraction of sp³-hybridized carbons (Fsp3) is 0.533. The van der Waals surface area contributed by atoms with Gasteiger partial charge in [-0.05, 0) is 24.8 Å². The summed E-state index contributed by atoms with van der Waals surface area (Å²) in [6.07, 6.45) is 2.93. The molecule has 1 aromatic rings. The summed E-state index contributed by atoms with van der Waals surface area (Å²) in [5.74, 6) is 0.310. The van der Waals surface area contributed by atoms with Gasteiger partial charge in [-0.2, -0.15) is 0 Å². The molecule has 0 unspecified atom stereocenters. The average Bonchev–Trinajstić information content (AvgIpc) is 2.47. The van der Waals surface area contributed by atoms with Gasteiger partial charge in [-0.1, -0.05) is 48.9 Å². The van der Waals surface area contributed by atoms with Crippen molar-refractivity contribution in [1.82, 2.24) is 4.90 Å². The van der Waals surface area contributed by atoms with Crippen molar-refractivity contribution in [3.8, 4) is 0 Å². The molecular formula is C15H20ClNO2. The largest absolute Gasteiger partial charge is 0.433 e. The molecule has 3 nitrogen and oxygen atoms in total. The standard InChI is InChI=1S/C15H20ClNO2/c1-12(13-7-3-2-4-8-13)14-9-5-6-10-17(14)15(18)19-11-16/h2-4,7-8,12,14H,5-6,9-11H2,1H3/t12-,14-/m1/s1. The lowest BCUT2D eigenvalue weighted by molar-refractivity contribution is 0.0782. The summed E-state index contributed by atoms with van der Waals surface area (Å²) in [7, 11) is 0. The first-order valence-electron chi connectivity index (χ1n) is 6.78. The van der Waals surface area contributed by atoms with Crippen molar-refractivity contribution in [2.75, 3.05) is 12.6 Å². The summed E-state index contributed by atoms with van der Waals surface area (Å²) in [5, 5.41) is 0. The van der Waals surface area contributed by atoms with Crippen LogP contribution in [0, 0.1) is 0 Å². The number of alkyl halides is 1. The zero-order chi connectivity index (χ0) is 13.7. The molecule has 2 rings (SSSR count). The van der Waals surface area contributed by atoms with Gasteiger partial charge in [-0.3, -0.25) is 0 Å². The SMILES string of the molecule is C[C@H](c1ccccc1)[C@H]1CCCCN1C(=O)OCCl. The van der Waals surface area contributed by atoms with Crippen LogP contribution in [0.2, 0.25) is 0 Å². The van der Waals surface area contributed by atoms with E-state index in [0.29, 0.717) is 5.92 Å². The predicted molar refractivity (Wildman–Crippen MR) is 76.4 cm³/mol. The third kappa shape index (κ3) is 3.41. The molecule has 0 bridgehead atoms. The van der Waals surface area contributed by atoms with Gasteiger partial charge in [0.25, 0.3) is 0 Å². The maximum absolute atomic E-state index is 12.0. The van der Waals surface area contributed by atoms with E-state index in [4.69, 9.17) is 16.3 Å². The van der Waals surface area contributed by atoms with Crippen LogP contribution in [-0.4, -0.2) is 29.6 Å². The number of carbonyl (C=O) groups excluding carboxylic acids is 1. The summed E-state index contributed by atoms with van der Waals surface area (Å²) in [5.41, 5.74) is 1.26. The molecule has 1 aliphatic rings. The lowest BCUT2D eigenvalue weighted by Gasteiger charge is -2.38. The molecule has 19 heavy (non-hydrogen) atoms. The lowest BCUT2D eigenvalue weighted by atomic mass is 9.87. The second-order valence-corrected chi connectivity index (χ2v) is 5.19. The molecule has 1 fully saturated rings. The number of carbonyl (C=O) groups is 1. The highest BCUT2D eigenvalue weighted by Gasteiger charge is 2.32. The van der Waals surface area contributed by atoms with Crippen molar-refractivity contribution in [3.63, 3.8) is 0 Å². The van der Waals surface area contributed by atoms with E-state index in [1.165, 1.54) is 5.56 Å². The third-order valence-electron chi connectivity index (χ3n) is 3.86. The highest BCUT2D eigenvalue weighted by atomic mass is 35.5. The zero-order valence-corrected chi connectivity index (χ0v) is 12.0. The van der Waals surface area contributed by atoms with E-state index in [2.05, 4.69) is 19.1 Å². The highest BCUT2D eigenvalue weighted by Crippen LogP contribution is 2.30. The monoisotopic (exact) mass is 281 g/mol. The molecule has 0 radical (unpaired) electrons. The van der Waals surface area contributed by atoms with Gasteiger partial charge < -0.3 is 9.64 Å². The highest BCUT2D eigenvalue weighted by molar-refractivity contribution is 6.17. The molecule has 0 spiro atoms. The Morgan fingerprint density at radius 2 is 2.16 bits per heavy atom. The molecule has 4 heteroatoms. The first-order valence-corrected chi connectivity index (χ1v) is 7.32. The van der Waals surface area contributed by atoms with Gasteiger partial charge in [0.1, 0.15) is 0 Å². The maximum Gasteiger partial charge on any atom is 0.411 e. The van der Waals surface area contributed by atoms with Crippen molar-refractivity contribution in [2.45, 2.75) is 38.1 Å². The van der Waals surface area contributed by atoms with E-state index >= 15 is 0 Å². The summed E-state index contributed by atoms with van der Waals surface area (Å²) < 4.78 is 4.95. The van der Waals surface area contributed by atoms with E-state index in [1.807, 2.05) is 23.1 Å². The van der Waals surface area contributed by atoms with Crippen molar-refractivity contribution in [2.24, 2.45) is 0 Å². The van der Waals surface area contributed by atoms with Crippen LogP contribution in [0.5, 0.6) is 0 Å². The van der Waals surface area contributed by atoms with Crippen LogP contribution < -0.4 is 0 Å². The Balaban J connectivity index is 2.13. The molecule has 1 aliphatic heterocycles. The van der Waals surface area contributed by atoms with E-state index < -0.39 is 0 Å². The Kier molecular flexibility index (Phi) is 5.08. The van der Waals surface area contributed by atoms with Crippen LogP contribution in [0.3, 0.4) is 0 Å². The lowest BCUT2D eigenvalue weighted by Crippen LogP contribution is -2.46. The molecule has 0 N–H and O–H groups in total. The molecule has 0 aromatic heterocycles. The topological polar surface area (TPSA) is 29.5 Å². The minimum Gasteiger partial charge on any atom is -0.433 e. The van der Waals surface area contributed by atoms with Gasteiger partial charge in [-0.15, -0.1) is 0 Å². The molecular weight excluding hydrogens is 262 g/mol. The summed E-state index contributed by atoms with van der Waals surface area (Å²) >= 11 is 5.49. The van der Waals surface area contributed by atoms with Gasteiger partial charge in [0.2, 0.25) is 0 Å². The van der Waals surface area contributed by atoms with E-state index in [0.717, 1.165) is 25.8 Å². The Morgan fingerprint density at radius 1 is 1.42 bits per heavy atom. The molecule has 2 atom stereocenters. The van der Waals surface area contributed by atoms with Crippen molar-refractivity contribution in [1.29, 1.82) is 0 Å². The van der Waals surface area contributed by atoms with Crippen molar-refractivity contribution >= 4 is 17.7 Å². The smallest absolute Gasteiger partial charge is 0.411 e. The Hall–Kier alpha value is -1.22. The second-order valence-electron chi connectivity index (χ2n) is 4.98. The van der Waals surface area contributed by atoms with Crippen LogP contribution in [0.15, 0.2) is 30.3 Å². The molecule has 0 aliphatic carbocycles. The number of hydrogen-bond acceptors (Lipinski definition) is 2. The van der Waals surface area contributed by atoms with Crippen molar-refractivity contribution < 1.29 is 9.53 Å². The zero-order valence-electron chi connectivity index (χ0n) is 11.2. The molecule has 1 aromatic carbocycles. The molecule has 1 amide bonds. The van der Waals surface area contributed by atoms with Crippen molar-refractivity contribution in [3.05, 3.63) is 35.9 Å². The number of amides is 1. The number of hydrogen-bond donors (Lipinski definition) is 0. The number of halogens is 1. The maximum atomic E-state index is 12.0. The predicted octanol–water partition coefficient (Wildman–Crippen LogP) is 3.98. The third-order valence-corrected chi connectivity index (χ3v) is 3.97. The van der Waals surface area contributed by atoms with E-state index in [9.17, 15) is 4.79 Å². The molecule has 1 saturated heterocycles. The number of benzene rings is 1. The van der Waals surface area contributed by atoms with Gasteiger partial charge in [0.05, 0.1) is 0 Å². The first-order chi connectivity index (χ1) is 9.24. The normalized spacial score (nSPS) is 20.9. The Morgan fingerprint density at radius 3 is 2.84 bits per heavy atom. The average molecular weight is 282 g/mol. The second kappa shape index (κ2) is 6.80. The quantitative estimate of drug-likeness (QED) is 0.785. The van der Waals surface area contributed by atoms with E-state index in [1.54, 1.807) is 0 Å². The number of piperidine rings is 1. The molecule has 0 saturated carbocycles. The van der Waals surface area contributed by atoms with Gasteiger partial charge in [0, 0.05) is 18.5 Å². The minimum atomic E-state index is -0.289. The number of likely N-dealkylation sites (tertiary alicyclic amines) is 1. The molecule has 104 valence electrons. The van der Waals surface area contributed by atoms with Crippen LogP contribution >= 0.6 is 11.6 Å². The fourth-order valence-electron chi connectivity index (χ4n) is 2.81. The minimum absolute atomic E-state index is 0.0816. The number of nitrogens with zero attached hydrogens (tertiary/aromatic N) is 1. The van der Waals surface area contributed by atoms with Gasteiger partial charge >= 0.3 is 6.09 Å². The van der Waals surface area contributed by atoms with E-state index in [-0.39, 0.29) is 18.2 Å². The first kappa shape index (κ1) is 14.2. The summed E-state index contributed by atoms with van der Waals surface area (Å²) in [6.45, 7) is 2.93. The van der Waals surface area contributed by atoms with Crippen LogP contribution in [0.1, 0.15) is 37.7 Å². The van der Waals surface area contributed by atoms with Crippen LogP contribution in [0.25, 0.3) is 0 Å². The van der Waals surface area contributed by atoms with Crippen LogP contribution in [-0.2, 0) is 4.74 Å². The summed E-state index contributed by atoms with van der Waals surface area (Å²) in [4.78, 5) is 13.8. The fourth-order valence-corrected chi connectivity index (χ4v) is 2.91. The number of ether oxygens (including phenoxy) is 1. The summed E-state index contributed by atoms with van der Waals surface area (Å²) in [6, 6.07) is 10.4. The number of rotatable bonds is 3.